The van der Waals surface area contributed by atoms with Crippen molar-refractivity contribution in [2.45, 2.75) is 57.8 Å². The molecule has 2 aliphatic heterocycles. The van der Waals surface area contributed by atoms with Crippen LogP contribution in [0.5, 0.6) is 0 Å². The summed E-state index contributed by atoms with van der Waals surface area (Å²) in [6.07, 6.45) is 2.94. The van der Waals surface area contributed by atoms with E-state index in [9.17, 15) is 0 Å². The van der Waals surface area contributed by atoms with Crippen LogP contribution in [0.15, 0.2) is 0 Å². The summed E-state index contributed by atoms with van der Waals surface area (Å²) in [6.45, 7) is 10.1. The van der Waals surface area contributed by atoms with E-state index in [1.165, 1.54) is 25.9 Å². The van der Waals surface area contributed by atoms with E-state index < -0.39 is 0 Å². The van der Waals surface area contributed by atoms with Crippen molar-refractivity contribution in [2.75, 3.05) is 19.7 Å². The van der Waals surface area contributed by atoms with E-state index >= 15 is 0 Å². The monoisotopic (exact) mass is 212 g/mol. The fourth-order valence-corrected chi connectivity index (χ4v) is 2.90. The zero-order valence-electron chi connectivity index (χ0n) is 10.2. The molecule has 2 heterocycles. The first-order valence-corrected chi connectivity index (χ1v) is 6.28. The van der Waals surface area contributed by atoms with Gasteiger partial charge in [0.1, 0.15) is 0 Å². The molecular weight excluding hydrogens is 188 g/mol. The maximum Gasteiger partial charge on any atom is 0.0703 e. The van der Waals surface area contributed by atoms with Crippen molar-refractivity contribution in [2.24, 2.45) is 0 Å². The highest BCUT2D eigenvalue weighted by molar-refractivity contribution is 4.90. The van der Waals surface area contributed by atoms with Crippen LogP contribution in [0.4, 0.5) is 0 Å². The Kier molecular flexibility index (Phi) is 3.65. The summed E-state index contributed by atoms with van der Waals surface area (Å²) < 4.78 is 5.63. The molecule has 0 aliphatic carbocycles. The summed E-state index contributed by atoms with van der Waals surface area (Å²) in [5, 5.41) is 3.63. The van der Waals surface area contributed by atoms with Crippen molar-refractivity contribution < 1.29 is 4.74 Å². The van der Waals surface area contributed by atoms with Crippen LogP contribution in [0.1, 0.15) is 33.6 Å². The van der Waals surface area contributed by atoms with Crippen molar-refractivity contribution in [3.63, 3.8) is 0 Å². The Balaban J connectivity index is 1.81. The number of nitrogens with zero attached hydrogens (tertiary/aromatic N) is 1. The maximum atomic E-state index is 5.63. The molecule has 15 heavy (non-hydrogen) atoms. The second-order valence-electron chi connectivity index (χ2n) is 5.23. The summed E-state index contributed by atoms with van der Waals surface area (Å²) in [6, 6.07) is 1.97. The van der Waals surface area contributed by atoms with Gasteiger partial charge in [0.15, 0.2) is 0 Å². The molecule has 0 aromatic rings. The number of likely N-dealkylation sites (tertiary alicyclic amines) is 1. The first kappa shape index (κ1) is 11.4. The average molecular weight is 212 g/mol. The highest BCUT2D eigenvalue weighted by Crippen LogP contribution is 2.23. The average Bonchev–Trinajstić information content (AvgIpc) is 2.72. The van der Waals surface area contributed by atoms with E-state index in [1.807, 2.05) is 0 Å². The third kappa shape index (κ3) is 2.71. The minimum atomic E-state index is 0.433. The van der Waals surface area contributed by atoms with E-state index in [0.717, 1.165) is 6.61 Å². The Morgan fingerprint density at radius 1 is 1.33 bits per heavy atom. The Morgan fingerprint density at radius 3 is 2.73 bits per heavy atom. The predicted molar refractivity (Wildman–Crippen MR) is 62.1 cm³/mol. The van der Waals surface area contributed by atoms with E-state index in [2.05, 4.69) is 31.0 Å². The van der Waals surface area contributed by atoms with Gasteiger partial charge in [0.2, 0.25) is 0 Å². The second kappa shape index (κ2) is 4.81. The number of ether oxygens (including phenoxy) is 1. The molecule has 88 valence electrons. The smallest absolute Gasteiger partial charge is 0.0703 e. The molecule has 2 fully saturated rings. The van der Waals surface area contributed by atoms with Crippen molar-refractivity contribution in [3.8, 4) is 0 Å². The molecule has 0 aromatic heterocycles. The molecule has 2 saturated heterocycles. The van der Waals surface area contributed by atoms with Crippen LogP contribution in [0.2, 0.25) is 0 Å². The van der Waals surface area contributed by atoms with Crippen LogP contribution >= 0.6 is 0 Å². The topological polar surface area (TPSA) is 24.5 Å². The SMILES string of the molecule is CC(C)NC1CCN(C2CCOC2C)C1. The van der Waals surface area contributed by atoms with Gasteiger partial charge in [0.05, 0.1) is 6.10 Å². The molecule has 0 radical (unpaired) electrons. The van der Waals surface area contributed by atoms with Crippen LogP contribution < -0.4 is 5.32 Å². The van der Waals surface area contributed by atoms with Crippen molar-refractivity contribution in [3.05, 3.63) is 0 Å². The third-order valence-corrected chi connectivity index (χ3v) is 3.59. The van der Waals surface area contributed by atoms with Gasteiger partial charge in [-0.2, -0.15) is 0 Å². The van der Waals surface area contributed by atoms with Gasteiger partial charge in [-0.25, -0.2) is 0 Å². The Bertz CT molecular complexity index is 208. The summed E-state index contributed by atoms with van der Waals surface area (Å²) in [5.41, 5.74) is 0. The number of nitrogens with one attached hydrogen (secondary N) is 1. The maximum absolute atomic E-state index is 5.63. The highest BCUT2D eigenvalue weighted by atomic mass is 16.5. The molecule has 0 saturated carbocycles. The molecule has 3 heteroatoms. The van der Waals surface area contributed by atoms with Crippen LogP contribution in [0, 0.1) is 0 Å². The zero-order valence-corrected chi connectivity index (χ0v) is 10.2. The lowest BCUT2D eigenvalue weighted by molar-refractivity contribution is 0.0822. The van der Waals surface area contributed by atoms with Crippen LogP contribution in [0.3, 0.4) is 0 Å². The predicted octanol–water partition coefficient (Wildman–Crippen LogP) is 1.24. The molecule has 3 unspecified atom stereocenters. The minimum Gasteiger partial charge on any atom is -0.377 e. The normalized spacial score (nSPS) is 38.0. The molecule has 3 nitrogen and oxygen atoms in total. The van der Waals surface area contributed by atoms with Gasteiger partial charge in [-0.05, 0) is 19.8 Å². The molecule has 0 bridgehead atoms. The number of hydrogen-bond donors (Lipinski definition) is 1. The molecule has 1 N–H and O–H groups in total. The van der Waals surface area contributed by atoms with Gasteiger partial charge in [-0.15, -0.1) is 0 Å². The van der Waals surface area contributed by atoms with E-state index in [0.29, 0.717) is 24.2 Å². The van der Waals surface area contributed by atoms with Crippen LogP contribution in [-0.2, 0) is 4.74 Å². The Hall–Kier alpha value is -0.120. The van der Waals surface area contributed by atoms with Gasteiger partial charge in [0, 0.05) is 37.8 Å². The minimum absolute atomic E-state index is 0.433. The lowest BCUT2D eigenvalue weighted by atomic mass is 10.1. The van der Waals surface area contributed by atoms with E-state index in [1.54, 1.807) is 0 Å². The van der Waals surface area contributed by atoms with Gasteiger partial charge in [0.25, 0.3) is 0 Å². The van der Waals surface area contributed by atoms with Gasteiger partial charge < -0.3 is 10.1 Å². The summed E-state index contributed by atoms with van der Waals surface area (Å²) in [7, 11) is 0. The first-order valence-electron chi connectivity index (χ1n) is 6.28. The Labute approximate surface area is 93.2 Å². The van der Waals surface area contributed by atoms with Crippen molar-refractivity contribution in [1.82, 2.24) is 10.2 Å². The summed E-state index contributed by atoms with van der Waals surface area (Å²) >= 11 is 0. The Morgan fingerprint density at radius 2 is 2.13 bits per heavy atom. The molecule has 3 atom stereocenters. The number of hydrogen-bond acceptors (Lipinski definition) is 3. The van der Waals surface area contributed by atoms with Crippen molar-refractivity contribution >= 4 is 0 Å². The fourth-order valence-electron chi connectivity index (χ4n) is 2.90. The van der Waals surface area contributed by atoms with Gasteiger partial charge >= 0.3 is 0 Å². The third-order valence-electron chi connectivity index (χ3n) is 3.59. The van der Waals surface area contributed by atoms with E-state index in [-0.39, 0.29) is 0 Å². The second-order valence-corrected chi connectivity index (χ2v) is 5.23. The summed E-state index contributed by atoms with van der Waals surface area (Å²) in [5.74, 6) is 0. The molecule has 0 spiro atoms. The molecule has 0 aromatic carbocycles. The largest absolute Gasteiger partial charge is 0.377 e. The highest BCUT2D eigenvalue weighted by Gasteiger charge is 2.34. The molecular formula is C12H24N2O. The van der Waals surface area contributed by atoms with E-state index in [4.69, 9.17) is 4.74 Å². The lowest BCUT2D eigenvalue weighted by Crippen LogP contribution is -2.42. The van der Waals surface area contributed by atoms with Crippen LogP contribution in [0.25, 0.3) is 0 Å². The molecule has 2 aliphatic rings. The molecule has 2 rings (SSSR count). The zero-order chi connectivity index (χ0) is 10.8. The van der Waals surface area contributed by atoms with Gasteiger partial charge in [-0.1, -0.05) is 13.8 Å². The van der Waals surface area contributed by atoms with Gasteiger partial charge in [-0.3, -0.25) is 4.90 Å². The van der Waals surface area contributed by atoms with Crippen LogP contribution in [-0.4, -0.2) is 48.8 Å². The summed E-state index contributed by atoms with van der Waals surface area (Å²) in [4.78, 5) is 2.61. The lowest BCUT2D eigenvalue weighted by Gasteiger charge is -2.26. The van der Waals surface area contributed by atoms with Crippen molar-refractivity contribution in [1.29, 1.82) is 0 Å². The molecule has 0 amide bonds. The first-order chi connectivity index (χ1) is 7.16. The standard InChI is InChI=1S/C12H24N2O/c1-9(2)13-11-4-6-14(8-11)12-5-7-15-10(12)3/h9-13H,4-8H2,1-3H3. The quantitative estimate of drug-likeness (QED) is 0.761. The fraction of sp³-hybridized carbons (Fsp3) is 1.00. The number of rotatable bonds is 3.